The Hall–Kier alpha value is -1.54. The summed E-state index contributed by atoms with van der Waals surface area (Å²) in [5.41, 5.74) is 1.87. The Bertz CT molecular complexity index is 746. The molecule has 2 saturated heterocycles. The number of benzene rings is 1. The largest absolute Gasteiger partial charge is 0.351 e. The molecule has 0 aliphatic carbocycles. The molecule has 0 radical (unpaired) electrons. The van der Waals surface area contributed by atoms with E-state index in [1.165, 1.54) is 11.8 Å². The van der Waals surface area contributed by atoms with Crippen molar-refractivity contribution in [1.82, 2.24) is 5.32 Å². The maximum Gasteiger partial charge on any atom is 0.230 e. The van der Waals surface area contributed by atoms with Gasteiger partial charge in [0, 0.05) is 30.4 Å². The highest BCUT2D eigenvalue weighted by Crippen LogP contribution is 2.24. The Labute approximate surface area is 152 Å². The van der Waals surface area contributed by atoms with Gasteiger partial charge >= 0.3 is 0 Å². The van der Waals surface area contributed by atoms with E-state index >= 15 is 0 Å². The average molecular weight is 383 g/mol. The molecule has 6 nitrogen and oxygen atoms in total. The van der Waals surface area contributed by atoms with Crippen molar-refractivity contribution in [2.75, 3.05) is 28.7 Å². The maximum absolute atomic E-state index is 11.9. The van der Waals surface area contributed by atoms with E-state index in [0.717, 1.165) is 24.2 Å². The van der Waals surface area contributed by atoms with E-state index in [4.69, 9.17) is 0 Å². The van der Waals surface area contributed by atoms with Crippen LogP contribution in [0.5, 0.6) is 0 Å². The number of carbonyl (C=O) groups excluding carboxylic acids is 2. The Morgan fingerprint density at radius 2 is 2.04 bits per heavy atom. The summed E-state index contributed by atoms with van der Waals surface area (Å²) in [5, 5.41) is 2.89. The second-order valence-electron chi connectivity index (χ2n) is 6.43. The zero-order valence-electron chi connectivity index (χ0n) is 13.9. The number of rotatable bonds is 6. The summed E-state index contributed by atoms with van der Waals surface area (Å²) < 4.78 is 22.8. The van der Waals surface area contributed by atoms with E-state index in [9.17, 15) is 18.0 Å². The Morgan fingerprint density at radius 1 is 1.28 bits per heavy atom. The molecule has 0 aromatic heterocycles. The van der Waals surface area contributed by atoms with Crippen LogP contribution in [0.3, 0.4) is 0 Å². The summed E-state index contributed by atoms with van der Waals surface area (Å²) in [6, 6.07) is 7.64. The number of thioether (sulfide) groups is 1. The Kier molecular flexibility index (Phi) is 5.68. The molecule has 136 valence electrons. The van der Waals surface area contributed by atoms with Gasteiger partial charge in [0.25, 0.3) is 0 Å². The lowest BCUT2D eigenvalue weighted by Gasteiger charge is -2.16. The molecule has 2 aliphatic heterocycles. The maximum atomic E-state index is 11.9. The third kappa shape index (κ3) is 4.98. The number of carbonyl (C=O) groups is 2. The number of hydrogen-bond acceptors (Lipinski definition) is 5. The van der Waals surface area contributed by atoms with Gasteiger partial charge in [-0.3, -0.25) is 9.59 Å². The number of anilines is 1. The molecule has 8 heteroatoms. The van der Waals surface area contributed by atoms with E-state index in [2.05, 4.69) is 5.32 Å². The monoisotopic (exact) mass is 382 g/mol. The van der Waals surface area contributed by atoms with Crippen LogP contribution >= 0.6 is 11.8 Å². The van der Waals surface area contributed by atoms with Crippen LogP contribution in [0.4, 0.5) is 5.69 Å². The van der Waals surface area contributed by atoms with E-state index in [-0.39, 0.29) is 34.3 Å². The first-order valence-electron chi connectivity index (χ1n) is 8.41. The number of sulfone groups is 1. The number of nitrogens with zero attached hydrogens (tertiary/aromatic N) is 1. The average Bonchev–Trinajstić information content (AvgIpc) is 3.16. The van der Waals surface area contributed by atoms with E-state index in [1.54, 1.807) is 4.90 Å². The molecule has 1 N–H and O–H groups in total. The quantitative estimate of drug-likeness (QED) is 0.803. The SMILES string of the molecule is O=C(CS[C@@H]1CCS(=O)(=O)C1)NCc1ccc(N2CCCC2=O)cc1. The fourth-order valence-electron chi connectivity index (χ4n) is 3.05. The molecule has 2 aliphatic rings. The molecule has 2 heterocycles. The fourth-order valence-corrected chi connectivity index (χ4v) is 6.53. The number of amides is 2. The van der Waals surface area contributed by atoms with Crippen LogP contribution in [-0.4, -0.2) is 49.3 Å². The van der Waals surface area contributed by atoms with Crippen LogP contribution in [-0.2, 0) is 26.0 Å². The molecule has 2 amide bonds. The van der Waals surface area contributed by atoms with Gasteiger partial charge in [-0.15, -0.1) is 11.8 Å². The molecule has 1 aromatic rings. The van der Waals surface area contributed by atoms with Crippen molar-refractivity contribution in [2.24, 2.45) is 0 Å². The van der Waals surface area contributed by atoms with E-state index < -0.39 is 9.84 Å². The normalized spacial score (nSPS) is 22.3. The zero-order chi connectivity index (χ0) is 17.9. The molecule has 1 atom stereocenters. The van der Waals surface area contributed by atoms with Crippen molar-refractivity contribution < 1.29 is 18.0 Å². The minimum absolute atomic E-state index is 0.0352. The molecule has 25 heavy (non-hydrogen) atoms. The lowest BCUT2D eigenvalue weighted by Crippen LogP contribution is -2.26. The third-order valence-corrected chi connectivity index (χ3v) is 7.73. The molecule has 0 bridgehead atoms. The van der Waals surface area contributed by atoms with Gasteiger partial charge in [-0.05, 0) is 30.5 Å². The van der Waals surface area contributed by atoms with Gasteiger partial charge in [0.05, 0.1) is 17.3 Å². The van der Waals surface area contributed by atoms with Gasteiger partial charge in [-0.25, -0.2) is 8.42 Å². The van der Waals surface area contributed by atoms with Crippen molar-refractivity contribution in [2.45, 2.75) is 31.1 Å². The Balaban J connectivity index is 1.42. The standard InChI is InChI=1S/C17H22N2O4S2/c20-16(11-24-15-7-9-25(22,23)12-15)18-10-13-3-5-14(6-4-13)19-8-1-2-17(19)21/h3-6,15H,1-2,7-12H2,(H,18,20)/t15-/m1/s1. The third-order valence-electron chi connectivity index (χ3n) is 4.45. The summed E-state index contributed by atoms with van der Waals surface area (Å²) in [6.45, 7) is 1.19. The van der Waals surface area contributed by atoms with Crippen molar-refractivity contribution in [1.29, 1.82) is 0 Å². The lowest BCUT2D eigenvalue weighted by atomic mass is 10.2. The van der Waals surface area contributed by atoms with E-state index in [0.29, 0.717) is 19.4 Å². The fraction of sp³-hybridized carbons (Fsp3) is 0.529. The summed E-state index contributed by atoms with van der Waals surface area (Å²) >= 11 is 1.41. The molecule has 3 rings (SSSR count). The van der Waals surface area contributed by atoms with Crippen LogP contribution in [0.1, 0.15) is 24.8 Å². The van der Waals surface area contributed by atoms with Gasteiger partial charge in [-0.1, -0.05) is 12.1 Å². The highest BCUT2D eigenvalue weighted by atomic mass is 32.2. The second kappa shape index (κ2) is 7.78. The predicted octanol–water partition coefficient (Wildman–Crippen LogP) is 1.35. The van der Waals surface area contributed by atoms with Gasteiger partial charge in [0.2, 0.25) is 11.8 Å². The Morgan fingerprint density at radius 3 is 2.64 bits per heavy atom. The molecule has 2 fully saturated rings. The van der Waals surface area contributed by atoms with Crippen LogP contribution in [0.15, 0.2) is 24.3 Å². The van der Waals surface area contributed by atoms with Crippen LogP contribution in [0.2, 0.25) is 0 Å². The van der Waals surface area contributed by atoms with Crippen LogP contribution in [0, 0.1) is 0 Å². The molecule has 0 spiro atoms. The van der Waals surface area contributed by atoms with Crippen LogP contribution < -0.4 is 10.2 Å². The smallest absolute Gasteiger partial charge is 0.230 e. The summed E-state index contributed by atoms with van der Waals surface area (Å²) in [7, 11) is -2.89. The van der Waals surface area contributed by atoms with Gasteiger partial charge < -0.3 is 10.2 Å². The van der Waals surface area contributed by atoms with Crippen LogP contribution in [0.25, 0.3) is 0 Å². The summed E-state index contributed by atoms with van der Waals surface area (Å²) in [4.78, 5) is 25.4. The first kappa shape index (κ1) is 18.3. The minimum Gasteiger partial charge on any atom is -0.351 e. The molecule has 1 aromatic carbocycles. The van der Waals surface area contributed by atoms with Crippen molar-refractivity contribution in [3.8, 4) is 0 Å². The van der Waals surface area contributed by atoms with Gasteiger partial charge in [-0.2, -0.15) is 0 Å². The first-order chi connectivity index (χ1) is 11.9. The lowest BCUT2D eigenvalue weighted by molar-refractivity contribution is -0.119. The van der Waals surface area contributed by atoms with Gasteiger partial charge in [0.1, 0.15) is 0 Å². The predicted molar refractivity (Wildman–Crippen MR) is 99.4 cm³/mol. The van der Waals surface area contributed by atoms with Crippen molar-refractivity contribution in [3.63, 3.8) is 0 Å². The molecule has 0 saturated carbocycles. The molecular weight excluding hydrogens is 360 g/mol. The topological polar surface area (TPSA) is 83.6 Å². The molecular formula is C17H22N2O4S2. The zero-order valence-corrected chi connectivity index (χ0v) is 15.6. The second-order valence-corrected chi connectivity index (χ2v) is 9.95. The highest BCUT2D eigenvalue weighted by molar-refractivity contribution is 8.02. The minimum atomic E-state index is -2.89. The number of nitrogens with one attached hydrogen (secondary N) is 1. The first-order valence-corrected chi connectivity index (χ1v) is 11.3. The van der Waals surface area contributed by atoms with E-state index in [1.807, 2.05) is 24.3 Å². The van der Waals surface area contributed by atoms with Crippen molar-refractivity contribution >= 4 is 39.1 Å². The van der Waals surface area contributed by atoms with Crippen molar-refractivity contribution in [3.05, 3.63) is 29.8 Å². The summed E-state index contributed by atoms with van der Waals surface area (Å²) in [5.74, 6) is 0.764. The highest BCUT2D eigenvalue weighted by Gasteiger charge is 2.28. The molecule has 0 unspecified atom stereocenters. The summed E-state index contributed by atoms with van der Waals surface area (Å²) in [6.07, 6.45) is 2.14. The van der Waals surface area contributed by atoms with Gasteiger partial charge in [0.15, 0.2) is 9.84 Å². The number of hydrogen-bond donors (Lipinski definition) is 1.